The van der Waals surface area contributed by atoms with E-state index in [4.69, 9.17) is 0 Å². The second-order valence-corrected chi connectivity index (χ2v) is 2.08. The van der Waals surface area contributed by atoms with Crippen molar-refractivity contribution in [1.82, 2.24) is 0 Å². The fraction of sp³-hybridized carbons (Fsp3) is 1.00. The summed E-state index contributed by atoms with van der Waals surface area (Å²) in [5.74, 6) is 0. The van der Waals surface area contributed by atoms with Crippen molar-refractivity contribution >= 4 is 18.7 Å². The van der Waals surface area contributed by atoms with Gasteiger partial charge >= 0.3 is 6.98 Å². The summed E-state index contributed by atoms with van der Waals surface area (Å²) in [5, 5.41) is 0. The first-order valence-corrected chi connectivity index (χ1v) is 3.15. The van der Waals surface area contributed by atoms with Gasteiger partial charge in [0.1, 0.15) is 0 Å². The zero-order valence-corrected chi connectivity index (χ0v) is 4.64. The molecular formula is C2H5BF3S-. The molecule has 0 spiro atoms. The molecule has 0 saturated heterocycles. The molecule has 0 radical (unpaired) electrons. The van der Waals surface area contributed by atoms with Gasteiger partial charge < -0.3 is 12.9 Å². The summed E-state index contributed by atoms with van der Waals surface area (Å²) in [4.78, 5) is 0. The molecule has 0 aliphatic rings. The molecule has 44 valence electrons. The summed E-state index contributed by atoms with van der Waals surface area (Å²) >= 11 is 0.811. The van der Waals surface area contributed by atoms with E-state index in [1.165, 1.54) is 6.26 Å². The fourth-order valence-corrected chi connectivity index (χ4v) is 0.567. The Hall–Kier alpha value is 0.205. The number of rotatable bonds is 2. The maximum atomic E-state index is 11.1. The van der Waals surface area contributed by atoms with Crippen LogP contribution in [0.4, 0.5) is 12.9 Å². The lowest BCUT2D eigenvalue weighted by Crippen LogP contribution is -2.18. The molecule has 0 rings (SSSR count). The van der Waals surface area contributed by atoms with Crippen LogP contribution in [0.2, 0.25) is 0 Å². The Labute approximate surface area is 44.5 Å². The molecule has 0 aromatic rings. The molecule has 0 aromatic heterocycles. The molecule has 0 N–H and O–H groups in total. The minimum absolute atomic E-state index is 0.681. The fourth-order valence-electron chi connectivity index (χ4n) is 0.189. The summed E-state index contributed by atoms with van der Waals surface area (Å²) in [7, 11) is 0. The van der Waals surface area contributed by atoms with Gasteiger partial charge in [0.2, 0.25) is 0 Å². The number of hydrogen-bond acceptors (Lipinski definition) is 1. The highest BCUT2D eigenvalue weighted by molar-refractivity contribution is 8.00. The molecule has 0 bridgehead atoms. The molecule has 0 unspecified atom stereocenters. The van der Waals surface area contributed by atoms with Gasteiger partial charge in [0.05, 0.1) is 0 Å². The molecule has 0 heterocycles. The molecule has 0 atom stereocenters. The molecule has 0 amide bonds. The van der Waals surface area contributed by atoms with Gasteiger partial charge in [-0.15, -0.1) is 0 Å². The zero-order chi connectivity index (χ0) is 5.91. The molecule has 0 saturated carbocycles. The third-order valence-electron chi connectivity index (χ3n) is 0.356. The summed E-state index contributed by atoms with van der Waals surface area (Å²) in [6.45, 7) is -4.53. The maximum absolute atomic E-state index is 11.1. The summed E-state index contributed by atoms with van der Waals surface area (Å²) in [6.07, 6.45) is 1.44. The lowest BCUT2D eigenvalue weighted by Gasteiger charge is -2.09. The number of hydrogen-bond donors (Lipinski definition) is 0. The van der Waals surface area contributed by atoms with E-state index in [0.717, 1.165) is 11.8 Å². The van der Waals surface area contributed by atoms with Gasteiger partial charge in [-0.2, -0.15) is 11.8 Å². The Morgan fingerprint density at radius 1 is 1.43 bits per heavy atom. The van der Waals surface area contributed by atoms with Crippen LogP contribution in [-0.4, -0.2) is 18.9 Å². The van der Waals surface area contributed by atoms with Crippen molar-refractivity contribution in [3.8, 4) is 0 Å². The van der Waals surface area contributed by atoms with E-state index in [1.807, 2.05) is 0 Å². The summed E-state index contributed by atoms with van der Waals surface area (Å²) in [6, 6.07) is 0. The monoisotopic (exact) mass is 129 g/mol. The first kappa shape index (κ1) is 7.20. The number of halogens is 3. The predicted molar refractivity (Wildman–Crippen MR) is 27.5 cm³/mol. The van der Waals surface area contributed by atoms with Crippen LogP contribution in [0, 0.1) is 0 Å². The Bertz CT molecular complexity index is 51.4. The molecule has 0 aromatic carbocycles. The summed E-state index contributed by atoms with van der Waals surface area (Å²) < 4.78 is 33.3. The van der Waals surface area contributed by atoms with E-state index >= 15 is 0 Å². The molecule has 0 aliphatic carbocycles. The van der Waals surface area contributed by atoms with Gasteiger partial charge in [-0.05, 0) is 11.9 Å². The van der Waals surface area contributed by atoms with Gasteiger partial charge in [-0.1, -0.05) is 0 Å². The van der Waals surface area contributed by atoms with E-state index in [2.05, 4.69) is 0 Å². The standard InChI is InChI=1S/C2H5BF3S/c1-7-2-3(4,5)6/h2H2,1H3/q-1. The quantitative estimate of drug-likeness (QED) is 0.511. The van der Waals surface area contributed by atoms with Gasteiger partial charge in [-0.25, -0.2) is 0 Å². The summed E-state index contributed by atoms with van der Waals surface area (Å²) in [5.41, 5.74) is -0.681. The maximum Gasteiger partial charge on any atom is 0.488 e. The lowest BCUT2D eigenvalue weighted by molar-refractivity contribution is 0.485. The van der Waals surface area contributed by atoms with E-state index in [1.54, 1.807) is 0 Å². The SMILES string of the molecule is CSC[B-](F)(F)F. The molecule has 0 nitrogen and oxygen atoms in total. The third kappa shape index (κ3) is 6.20. The van der Waals surface area contributed by atoms with Gasteiger partial charge in [0, 0.05) is 0 Å². The van der Waals surface area contributed by atoms with Crippen molar-refractivity contribution in [2.45, 2.75) is 0 Å². The normalized spacial score (nSPS) is 12.0. The Morgan fingerprint density at radius 2 is 1.86 bits per heavy atom. The number of thioether (sulfide) groups is 1. The molecule has 7 heavy (non-hydrogen) atoms. The second-order valence-electron chi connectivity index (χ2n) is 1.17. The van der Waals surface area contributed by atoms with E-state index in [9.17, 15) is 12.9 Å². The Balaban J connectivity index is 3.15. The van der Waals surface area contributed by atoms with Crippen molar-refractivity contribution in [1.29, 1.82) is 0 Å². The van der Waals surface area contributed by atoms with Crippen molar-refractivity contribution in [3.63, 3.8) is 0 Å². The highest BCUT2D eigenvalue weighted by Gasteiger charge is 2.20. The van der Waals surface area contributed by atoms with Crippen LogP contribution in [0.5, 0.6) is 0 Å². The van der Waals surface area contributed by atoms with Gasteiger partial charge in [0.25, 0.3) is 0 Å². The zero-order valence-electron chi connectivity index (χ0n) is 3.83. The first-order valence-electron chi connectivity index (χ1n) is 1.76. The van der Waals surface area contributed by atoms with Crippen LogP contribution in [0.25, 0.3) is 0 Å². The second kappa shape index (κ2) is 2.50. The molecule has 0 fully saturated rings. The third-order valence-corrected chi connectivity index (χ3v) is 1.07. The minimum Gasteiger partial charge on any atom is -0.448 e. The average Bonchev–Trinajstić information content (AvgIpc) is 1.30. The van der Waals surface area contributed by atoms with Crippen LogP contribution in [0.3, 0.4) is 0 Å². The Kier molecular flexibility index (Phi) is 2.57. The van der Waals surface area contributed by atoms with Gasteiger partial charge in [0.15, 0.2) is 0 Å². The van der Waals surface area contributed by atoms with E-state index in [-0.39, 0.29) is 0 Å². The highest BCUT2D eigenvalue weighted by atomic mass is 32.2. The van der Waals surface area contributed by atoms with Crippen molar-refractivity contribution in [2.24, 2.45) is 0 Å². The largest absolute Gasteiger partial charge is 0.488 e. The van der Waals surface area contributed by atoms with Crippen molar-refractivity contribution < 1.29 is 12.9 Å². The van der Waals surface area contributed by atoms with Gasteiger partial charge in [-0.3, -0.25) is 0 Å². The predicted octanol–water partition coefficient (Wildman–Crippen LogP) is 1.74. The van der Waals surface area contributed by atoms with Crippen LogP contribution in [0.15, 0.2) is 0 Å². The topological polar surface area (TPSA) is 0 Å². The average molecular weight is 129 g/mol. The molecule has 0 aliphatic heterocycles. The van der Waals surface area contributed by atoms with E-state index in [0.29, 0.717) is 0 Å². The first-order chi connectivity index (χ1) is 3.06. The van der Waals surface area contributed by atoms with E-state index < -0.39 is 12.6 Å². The van der Waals surface area contributed by atoms with Crippen LogP contribution in [0.1, 0.15) is 0 Å². The van der Waals surface area contributed by atoms with Crippen LogP contribution >= 0.6 is 11.8 Å². The molecular weight excluding hydrogens is 124 g/mol. The molecule has 5 heteroatoms. The van der Waals surface area contributed by atoms with Crippen molar-refractivity contribution in [3.05, 3.63) is 0 Å². The van der Waals surface area contributed by atoms with Crippen molar-refractivity contribution in [2.75, 3.05) is 11.9 Å². The highest BCUT2D eigenvalue weighted by Crippen LogP contribution is 2.12. The lowest BCUT2D eigenvalue weighted by atomic mass is 9.98. The smallest absolute Gasteiger partial charge is 0.448 e. The minimum atomic E-state index is -4.53. The Morgan fingerprint density at radius 3 is 1.86 bits per heavy atom. The van der Waals surface area contributed by atoms with Crippen LogP contribution < -0.4 is 0 Å². The van der Waals surface area contributed by atoms with Crippen LogP contribution in [-0.2, 0) is 0 Å².